The zero-order valence-corrected chi connectivity index (χ0v) is 22.9. The summed E-state index contributed by atoms with van der Waals surface area (Å²) in [5.74, 6) is 0.103. The number of thioether (sulfide) groups is 1. The van der Waals surface area contributed by atoms with Crippen LogP contribution in [0.5, 0.6) is 11.5 Å². The number of carbonyl (C=O) groups excluding carboxylic acids is 3. The van der Waals surface area contributed by atoms with Crippen molar-refractivity contribution in [3.63, 3.8) is 0 Å². The van der Waals surface area contributed by atoms with Crippen molar-refractivity contribution < 1.29 is 23.9 Å². The molecule has 190 valence electrons. The van der Waals surface area contributed by atoms with Crippen molar-refractivity contribution in [2.45, 2.75) is 13.5 Å². The molecule has 1 aliphatic rings. The second-order valence-corrected chi connectivity index (χ2v) is 10.1. The molecule has 0 aliphatic carbocycles. The Morgan fingerprint density at radius 1 is 1.05 bits per heavy atom. The monoisotopic (exact) mass is 600 g/mol. The molecule has 0 saturated carbocycles. The highest BCUT2D eigenvalue weighted by Gasteiger charge is 2.35. The third-order valence-corrected chi connectivity index (χ3v) is 7.14. The van der Waals surface area contributed by atoms with Gasteiger partial charge in [-0.1, -0.05) is 51.8 Å². The molecular formula is C27H22BrClN2O5S. The van der Waals surface area contributed by atoms with Crippen LogP contribution in [-0.4, -0.2) is 35.2 Å². The van der Waals surface area contributed by atoms with E-state index in [0.29, 0.717) is 39.3 Å². The molecule has 0 spiro atoms. The van der Waals surface area contributed by atoms with Crippen LogP contribution in [0, 0.1) is 0 Å². The lowest BCUT2D eigenvalue weighted by Gasteiger charge is -2.14. The van der Waals surface area contributed by atoms with Gasteiger partial charge in [-0.25, -0.2) is 0 Å². The van der Waals surface area contributed by atoms with Gasteiger partial charge in [0.25, 0.3) is 17.1 Å². The highest BCUT2D eigenvalue weighted by Crippen LogP contribution is 2.36. The van der Waals surface area contributed by atoms with Gasteiger partial charge in [0.2, 0.25) is 0 Å². The van der Waals surface area contributed by atoms with E-state index in [1.165, 1.54) is 4.90 Å². The van der Waals surface area contributed by atoms with Crippen molar-refractivity contribution in [2.75, 3.05) is 18.5 Å². The van der Waals surface area contributed by atoms with Crippen LogP contribution in [0.1, 0.15) is 18.1 Å². The van der Waals surface area contributed by atoms with E-state index in [1.54, 1.807) is 48.5 Å². The molecule has 0 bridgehead atoms. The fourth-order valence-corrected chi connectivity index (χ4v) is 4.83. The summed E-state index contributed by atoms with van der Waals surface area (Å²) in [7, 11) is 0. The van der Waals surface area contributed by atoms with E-state index in [9.17, 15) is 14.4 Å². The molecule has 10 heteroatoms. The van der Waals surface area contributed by atoms with Crippen molar-refractivity contribution in [3.8, 4) is 11.5 Å². The molecule has 0 radical (unpaired) electrons. The van der Waals surface area contributed by atoms with Gasteiger partial charge < -0.3 is 14.8 Å². The van der Waals surface area contributed by atoms with Crippen LogP contribution in [0.15, 0.2) is 76.1 Å². The Balaban J connectivity index is 1.44. The number of ether oxygens (including phenoxy) is 2. The molecule has 0 atom stereocenters. The molecule has 1 N–H and O–H groups in total. The number of anilines is 1. The Morgan fingerprint density at radius 2 is 1.81 bits per heavy atom. The van der Waals surface area contributed by atoms with E-state index in [1.807, 2.05) is 31.2 Å². The number of carbonyl (C=O) groups is 3. The molecule has 4 rings (SSSR count). The van der Waals surface area contributed by atoms with Crippen LogP contribution in [-0.2, 0) is 16.1 Å². The Kier molecular flexibility index (Phi) is 8.91. The average molecular weight is 602 g/mol. The molecule has 0 aromatic heterocycles. The van der Waals surface area contributed by atoms with Gasteiger partial charge in [-0.05, 0) is 78.4 Å². The maximum atomic E-state index is 13.0. The largest absolute Gasteiger partial charge is 0.490 e. The number of rotatable bonds is 9. The van der Waals surface area contributed by atoms with Crippen LogP contribution in [0.3, 0.4) is 0 Å². The van der Waals surface area contributed by atoms with Crippen molar-refractivity contribution >= 4 is 68.1 Å². The lowest BCUT2D eigenvalue weighted by Crippen LogP contribution is -2.27. The zero-order valence-electron chi connectivity index (χ0n) is 19.7. The minimum atomic E-state index is -0.358. The summed E-state index contributed by atoms with van der Waals surface area (Å²) in [6.45, 7) is 2.16. The summed E-state index contributed by atoms with van der Waals surface area (Å²) in [6, 6.07) is 19.3. The van der Waals surface area contributed by atoms with Gasteiger partial charge in [-0.2, -0.15) is 0 Å². The summed E-state index contributed by atoms with van der Waals surface area (Å²) in [5.41, 5.74) is 2.10. The average Bonchev–Trinajstić information content (AvgIpc) is 3.13. The van der Waals surface area contributed by atoms with Crippen LogP contribution in [0.25, 0.3) is 6.08 Å². The molecule has 0 unspecified atom stereocenters. The number of halogens is 2. The van der Waals surface area contributed by atoms with E-state index >= 15 is 0 Å². The first-order valence-corrected chi connectivity index (χ1v) is 13.3. The van der Waals surface area contributed by atoms with Crippen molar-refractivity contribution in [1.82, 2.24) is 4.90 Å². The summed E-state index contributed by atoms with van der Waals surface area (Å²) in [5, 5.41) is 2.98. The van der Waals surface area contributed by atoms with Crippen molar-refractivity contribution in [2.24, 2.45) is 0 Å². The van der Waals surface area contributed by atoms with Gasteiger partial charge in [0.15, 0.2) is 18.1 Å². The Morgan fingerprint density at radius 3 is 2.54 bits per heavy atom. The first-order chi connectivity index (χ1) is 17.8. The standard InChI is InChI=1S/C27H22BrClN2O5S/c1-2-35-23-13-17(7-12-22(23)36-16-25(32)30-20-10-8-19(29)9-11-20)14-24-26(33)31(27(34)37-24)15-18-5-3-4-6-21(18)28/h3-14H,2,15-16H2,1H3,(H,30,32)/b24-14-. The zero-order chi connectivity index (χ0) is 26.4. The predicted molar refractivity (Wildman–Crippen MR) is 149 cm³/mol. The van der Waals surface area contributed by atoms with Gasteiger partial charge >= 0.3 is 0 Å². The first-order valence-electron chi connectivity index (χ1n) is 11.3. The number of hydrogen-bond donors (Lipinski definition) is 1. The van der Waals surface area contributed by atoms with Gasteiger partial charge in [0, 0.05) is 15.2 Å². The van der Waals surface area contributed by atoms with Crippen LogP contribution in [0.4, 0.5) is 10.5 Å². The van der Waals surface area contributed by atoms with Crippen LogP contribution >= 0.6 is 39.3 Å². The fourth-order valence-electron chi connectivity index (χ4n) is 3.46. The van der Waals surface area contributed by atoms with Crippen LogP contribution in [0.2, 0.25) is 5.02 Å². The summed E-state index contributed by atoms with van der Waals surface area (Å²) >= 11 is 10.2. The number of nitrogens with one attached hydrogen (secondary N) is 1. The number of amides is 3. The molecule has 1 aliphatic heterocycles. The molecular weight excluding hydrogens is 580 g/mol. The highest BCUT2D eigenvalue weighted by molar-refractivity contribution is 9.10. The molecule has 1 saturated heterocycles. The predicted octanol–water partition coefficient (Wildman–Crippen LogP) is 6.76. The normalized spacial score (nSPS) is 14.2. The van der Waals surface area contributed by atoms with Gasteiger partial charge in [-0.15, -0.1) is 0 Å². The molecule has 1 fully saturated rings. The number of hydrogen-bond acceptors (Lipinski definition) is 6. The van der Waals surface area contributed by atoms with E-state index in [2.05, 4.69) is 21.2 Å². The van der Waals surface area contributed by atoms with E-state index in [-0.39, 0.29) is 30.2 Å². The third-order valence-electron chi connectivity index (χ3n) is 5.21. The maximum absolute atomic E-state index is 13.0. The van der Waals surface area contributed by atoms with E-state index < -0.39 is 0 Å². The van der Waals surface area contributed by atoms with Crippen LogP contribution < -0.4 is 14.8 Å². The third kappa shape index (κ3) is 6.94. The topological polar surface area (TPSA) is 84.9 Å². The second kappa shape index (κ2) is 12.3. The number of imide groups is 1. The Hall–Kier alpha value is -3.27. The van der Waals surface area contributed by atoms with Crippen molar-refractivity contribution in [1.29, 1.82) is 0 Å². The molecule has 3 amide bonds. The first kappa shape index (κ1) is 26.8. The summed E-state index contributed by atoms with van der Waals surface area (Å²) in [6.07, 6.45) is 1.64. The Labute approximate surface area is 231 Å². The second-order valence-electron chi connectivity index (χ2n) is 7.84. The molecule has 1 heterocycles. The van der Waals surface area contributed by atoms with E-state index in [0.717, 1.165) is 21.8 Å². The fraction of sp³-hybridized carbons (Fsp3) is 0.148. The highest BCUT2D eigenvalue weighted by atomic mass is 79.9. The molecule has 7 nitrogen and oxygen atoms in total. The SMILES string of the molecule is CCOc1cc(/C=C2\SC(=O)N(Cc3ccccc3Br)C2=O)ccc1OCC(=O)Nc1ccc(Cl)cc1. The van der Waals surface area contributed by atoms with Gasteiger partial charge in [0.05, 0.1) is 18.1 Å². The summed E-state index contributed by atoms with van der Waals surface area (Å²) < 4.78 is 12.2. The molecule has 37 heavy (non-hydrogen) atoms. The van der Waals surface area contributed by atoms with E-state index in [4.69, 9.17) is 21.1 Å². The lowest BCUT2D eigenvalue weighted by atomic mass is 10.1. The Bertz CT molecular complexity index is 1360. The van der Waals surface area contributed by atoms with Gasteiger partial charge in [0.1, 0.15) is 0 Å². The molecule has 3 aromatic rings. The minimum Gasteiger partial charge on any atom is -0.490 e. The maximum Gasteiger partial charge on any atom is 0.293 e. The minimum absolute atomic E-state index is 0.179. The molecule has 3 aromatic carbocycles. The quantitative estimate of drug-likeness (QED) is 0.273. The lowest BCUT2D eigenvalue weighted by molar-refractivity contribution is -0.123. The van der Waals surface area contributed by atoms with Gasteiger partial charge in [-0.3, -0.25) is 19.3 Å². The number of nitrogens with zero attached hydrogens (tertiary/aromatic N) is 1. The van der Waals surface area contributed by atoms with Crippen molar-refractivity contribution in [3.05, 3.63) is 92.3 Å². The number of benzene rings is 3. The summed E-state index contributed by atoms with van der Waals surface area (Å²) in [4.78, 5) is 39.3. The smallest absolute Gasteiger partial charge is 0.293 e.